The first kappa shape index (κ1) is 24.9. The zero-order valence-corrected chi connectivity index (χ0v) is 21.2. The van der Waals surface area contributed by atoms with Crippen molar-refractivity contribution in [3.63, 3.8) is 0 Å². The first-order valence-corrected chi connectivity index (χ1v) is 13.1. The molecule has 0 fully saturated rings. The molecule has 4 aromatic rings. The normalized spacial score (nSPS) is 12.1. The van der Waals surface area contributed by atoms with Crippen LogP contribution in [-0.2, 0) is 19.8 Å². The Morgan fingerprint density at radius 2 is 1.09 bits per heavy atom. The molecule has 0 saturated heterocycles. The Kier molecular flexibility index (Phi) is 7.51. The van der Waals surface area contributed by atoms with Gasteiger partial charge in [-0.1, -0.05) is 108 Å². The number of benzene rings is 4. The van der Waals surface area contributed by atoms with E-state index in [2.05, 4.69) is 60.4 Å². The van der Waals surface area contributed by atoms with Gasteiger partial charge in [0, 0.05) is 6.54 Å². The molecule has 5 heteroatoms. The maximum absolute atomic E-state index is 12.8. The summed E-state index contributed by atoms with van der Waals surface area (Å²) in [5, 5.41) is 0. The summed E-state index contributed by atoms with van der Waals surface area (Å²) in [6, 6.07) is 35.9. The van der Waals surface area contributed by atoms with Gasteiger partial charge in [-0.3, -0.25) is 9.08 Å². The van der Waals surface area contributed by atoms with E-state index < -0.39 is 15.7 Å². The average molecular weight is 486 g/mol. The summed E-state index contributed by atoms with van der Waals surface area (Å²) >= 11 is 0. The van der Waals surface area contributed by atoms with Gasteiger partial charge in [0.1, 0.15) is 0 Å². The highest BCUT2D eigenvalue weighted by Crippen LogP contribution is 2.41. The van der Waals surface area contributed by atoms with Gasteiger partial charge in [0.05, 0.1) is 17.0 Å². The standard InChI is InChI=1S/C30H31NO3S/c1-24-14-18-28(19-15-24)30(26-10-6-4-7-11-26,27-12-8-5-9-13-27)31(3)22-23-34-35(32,33)29-20-16-25(2)17-21-29/h4-21H,22-23H2,1-3H3. The smallest absolute Gasteiger partial charge is 0.287 e. The molecule has 0 saturated carbocycles. The molecule has 0 aliphatic carbocycles. The Labute approximate surface area is 209 Å². The van der Waals surface area contributed by atoms with E-state index in [0.29, 0.717) is 6.54 Å². The lowest BCUT2D eigenvalue weighted by Crippen LogP contribution is -2.47. The minimum absolute atomic E-state index is 0.0278. The predicted octanol–water partition coefficient (Wildman–Crippen LogP) is 5.93. The van der Waals surface area contributed by atoms with Gasteiger partial charge < -0.3 is 0 Å². The first-order chi connectivity index (χ1) is 16.8. The van der Waals surface area contributed by atoms with E-state index in [-0.39, 0.29) is 11.5 Å². The maximum Gasteiger partial charge on any atom is 0.297 e. The highest BCUT2D eigenvalue weighted by atomic mass is 32.2. The van der Waals surface area contributed by atoms with Crippen LogP contribution in [-0.4, -0.2) is 33.5 Å². The van der Waals surface area contributed by atoms with Crippen LogP contribution in [0.3, 0.4) is 0 Å². The van der Waals surface area contributed by atoms with E-state index >= 15 is 0 Å². The fourth-order valence-electron chi connectivity index (χ4n) is 4.54. The summed E-state index contributed by atoms with van der Waals surface area (Å²) in [5.41, 5.74) is 4.84. The van der Waals surface area contributed by atoms with Crippen LogP contribution in [0.5, 0.6) is 0 Å². The minimum Gasteiger partial charge on any atom is -0.287 e. The van der Waals surface area contributed by atoms with Gasteiger partial charge in [-0.2, -0.15) is 8.42 Å². The number of likely N-dealkylation sites (N-methyl/N-ethyl adjacent to an activating group) is 1. The van der Waals surface area contributed by atoms with Crippen LogP contribution in [0, 0.1) is 13.8 Å². The van der Waals surface area contributed by atoms with Crippen molar-refractivity contribution in [1.82, 2.24) is 4.90 Å². The molecule has 0 bridgehead atoms. The SMILES string of the molecule is Cc1ccc(C(c2ccccc2)(c2ccccc2)N(C)CCOS(=O)(=O)c2ccc(C)cc2)cc1. The first-order valence-electron chi connectivity index (χ1n) is 11.7. The monoisotopic (exact) mass is 485 g/mol. The molecule has 0 unspecified atom stereocenters. The zero-order valence-electron chi connectivity index (χ0n) is 20.4. The third kappa shape index (κ3) is 5.22. The summed E-state index contributed by atoms with van der Waals surface area (Å²) in [5.74, 6) is 0. The van der Waals surface area contributed by atoms with Crippen molar-refractivity contribution in [2.75, 3.05) is 20.2 Å². The van der Waals surface area contributed by atoms with Crippen molar-refractivity contribution in [3.8, 4) is 0 Å². The summed E-state index contributed by atoms with van der Waals surface area (Å²) in [6.07, 6.45) is 0. The van der Waals surface area contributed by atoms with E-state index in [1.165, 1.54) is 5.56 Å². The second kappa shape index (κ2) is 10.6. The Morgan fingerprint density at radius 1 is 0.657 bits per heavy atom. The quantitative estimate of drug-likeness (QED) is 0.218. The van der Waals surface area contributed by atoms with E-state index in [1.54, 1.807) is 24.3 Å². The molecule has 0 aliphatic rings. The Balaban J connectivity index is 1.72. The van der Waals surface area contributed by atoms with Crippen molar-refractivity contribution in [1.29, 1.82) is 0 Å². The molecule has 4 rings (SSSR count). The lowest BCUT2D eigenvalue weighted by Gasteiger charge is -2.43. The third-order valence-corrected chi connectivity index (χ3v) is 7.73. The van der Waals surface area contributed by atoms with Gasteiger partial charge >= 0.3 is 0 Å². The fourth-order valence-corrected chi connectivity index (χ4v) is 5.44. The molecule has 0 N–H and O–H groups in total. The van der Waals surface area contributed by atoms with E-state index in [1.807, 2.05) is 50.4 Å². The highest BCUT2D eigenvalue weighted by molar-refractivity contribution is 7.86. The van der Waals surface area contributed by atoms with Crippen molar-refractivity contribution in [3.05, 3.63) is 137 Å². The molecule has 0 amide bonds. The lowest BCUT2D eigenvalue weighted by molar-refractivity contribution is 0.163. The number of nitrogens with zero attached hydrogens (tertiary/aromatic N) is 1. The molecule has 0 aliphatic heterocycles. The molecular formula is C30H31NO3S. The van der Waals surface area contributed by atoms with Crippen molar-refractivity contribution in [2.24, 2.45) is 0 Å². The second-order valence-electron chi connectivity index (χ2n) is 8.82. The Hall–Kier alpha value is -3.25. The van der Waals surface area contributed by atoms with Gasteiger partial charge in [-0.15, -0.1) is 0 Å². The summed E-state index contributed by atoms with van der Waals surface area (Å²) in [4.78, 5) is 2.34. The molecule has 180 valence electrons. The van der Waals surface area contributed by atoms with Crippen LogP contribution >= 0.6 is 0 Å². The maximum atomic E-state index is 12.8. The van der Waals surface area contributed by atoms with Crippen LogP contribution in [0.15, 0.2) is 114 Å². The van der Waals surface area contributed by atoms with E-state index in [4.69, 9.17) is 4.18 Å². The third-order valence-electron chi connectivity index (χ3n) is 6.40. The van der Waals surface area contributed by atoms with Gasteiger partial charge in [0.15, 0.2) is 0 Å². The molecule has 4 nitrogen and oxygen atoms in total. The molecule has 0 radical (unpaired) electrons. The van der Waals surface area contributed by atoms with Gasteiger partial charge in [-0.05, 0) is 49.7 Å². The molecular weight excluding hydrogens is 454 g/mol. The predicted molar refractivity (Wildman–Crippen MR) is 141 cm³/mol. The van der Waals surface area contributed by atoms with Crippen LogP contribution < -0.4 is 0 Å². The topological polar surface area (TPSA) is 46.6 Å². The number of aryl methyl sites for hydroxylation is 2. The molecule has 35 heavy (non-hydrogen) atoms. The Bertz CT molecular complexity index is 1300. The van der Waals surface area contributed by atoms with Gasteiger partial charge in [0.25, 0.3) is 10.1 Å². The largest absolute Gasteiger partial charge is 0.297 e. The summed E-state index contributed by atoms with van der Waals surface area (Å²) in [6.45, 7) is 4.41. The van der Waals surface area contributed by atoms with Crippen molar-refractivity contribution < 1.29 is 12.6 Å². The summed E-state index contributed by atoms with van der Waals surface area (Å²) in [7, 11) is -1.83. The number of hydrogen-bond acceptors (Lipinski definition) is 4. The lowest BCUT2D eigenvalue weighted by atomic mass is 9.75. The van der Waals surface area contributed by atoms with E-state index in [9.17, 15) is 8.42 Å². The highest BCUT2D eigenvalue weighted by Gasteiger charge is 2.40. The van der Waals surface area contributed by atoms with Crippen molar-refractivity contribution in [2.45, 2.75) is 24.3 Å². The second-order valence-corrected chi connectivity index (χ2v) is 10.4. The Morgan fingerprint density at radius 3 is 1.57 bits per heavy atom. The van der Waals surface area contributed by atoms with Crippen molar-refractivity contribution >= 4 is 10.1 Å². The zero-order chi connectivity index (χ0) is 24.9. The fraction of sp³-hybridized carbons (Fsp3) is 0.200. The molecule has 4 aromatic carbocycles. The molecule has 0 atom stereocenters. The molecule has 0 heterocycles. The van der Waals surface area contributed by atoms with Gasteiger partial charge in [0.2, 0.25) is 0 Å². The number of rotatable bonds is 9. The molecule has 0 aromatic heterocycles. The van der Waals surface area contributed by atoms with Crippen LogP contribution in [0.25, 0.3) is 0 Å². The van der Waals surface area contributed by atoms with E-state index in [0.717, 1.165) is 22.3 Å². The number of hydrogen-bond donors (Lipinski definition) is 0. The average Bonchev–Trinajstić information content (AvgIpc) is 2.87. The summed E-state index contributed by atoms with van der Waals surface area (Å²) < 4.78 is 31.0. The van der Waals surface area contributed by atoms with Crippen LogP contribution in [0.1, 0.15) is 27.8 Å². The minimum atomic E-state index is -3.84. The van der Waals surface area contributed by atoms with Crippen LogP contribution in [0.4, 0.5) is 0 Å². The molecule has 0 spiro atoms. The van der Waals surface area contributed by atoms with Gasteiger partial charge in [-0.25, -0.2) is 0 Å². The van der Waals surface area contributed by atoms with Crippen LogP contribution in [0.2, 0.25) is 0 Å².